The summed E-state index contributed by atoms with van der Waals surface area (Å²) >= 11 is 1.51. The SMILES string of the molecule is COc1ccc(NC(=O)Cn2c(CN(C)C)nc3sc(C)c(C)c3c2=O)cc1. The number of ether oxygens (including phenoxy) is 1. The normalized spacial score (nSPS) is 11.2. The minimum absolute atomic E-state index is 0.0920. The Hall–Kier alpha value is -2.71. The van der Waals surface area contributed by atoms with Gasteiger partial charge in [-0.05, 0) is 57.8 Å². The maximum Gasteiger partial charge on any atom is 0.263 e. The molecule has 0 bridgehead atoms. The zero-order chi connectivity index (χ0) is 20.4. The molecule has 1 aromatic carbocycles. The topological polar surface area (TPSA) is 76.5 Å². The van der Waals surface area contributed by atoms with Crippen LogP contribution in [0, 0.1) is 13.8 Å². The third kappa shape index (κ3) is 4.07. The van der Waals surface area contributed by atoms with Crippen LogP contribution in [0.3, 0.4) is 0 Å². The van der Waals surface area contributed by atoms with E-state index >= 15 is 0 Å². The van der Waals surface area contributed by atoms with Crippen LogP contribution in [0.1, 0.15) is 16.3 Å². The van der Waals surface area contributed by atoms with Crippen molar-refractivity contribution in [2.45, 2.75) is 26.9 Å². The molecule has 0 spiro atoms. The van der Waals surface area contributed by atoms with Crippen LogP contribution in [0.4, 0.5) is 5.69 Å². The monoisotopic (exact) mass is 400 g/mol. The second-order valence-electron chi connectivity index (χ2n) is 6.90. The molecule has 3 aromatic rings. The van der Waals surface area contributed by atoms with Crippen molar-refractivity contribution in [1.82, 2.24) is 14.5 Å². The number of benzene rings is 1. The molecule has 0 saturated heterocycles. The van der Waals surface area contributed by atoms with Gasteiger partial charge in [-0.3, -0.25) is 14.2 Å². The van der Waals surface area contributed by atoms with E-state index in [1.807, 2.05) is 32.8 Å². The predicted molar refractivity (Wildman–Crippen MR) is 112 cm³/mol. The molecular weight excluding hydrogens is 376 g/mol. The highest BCUT2D eigenvalue weighted by molar-refractivity contribution is 7.18. The van der Waals surface area contributed by atoms with E-state index in [1.165, 1.54) is 15.9 Å². The predicted octanol–water partition coefficient (Wildman–Crippen LogP) is 2.78. The molecule has 0 radical (unpaired) electrons. The van der Waals surface area contributed by atoms with Crippen molar-refractivity contribution in [3.05, 3.63) is 50.9 Å². The molecular formula is C20H24N4O3S. The molecule has 2 aromatic heterocycles. The van der Waals surface area contributed by atoms with Gasteiger partial charge >= 0.3 is 0 Å². The average Bonchev–Trinajstić information content (AvgIpc) is 2.92. The molecule has 0 aliphatic heterocycles. The quantitative estimate of drug-likeness (QED) is 0.689. The number of carbonyl (C=O) groups excluding carboxylic acids is 1. The Morgan fingerprint density at radius 2 is 1.93 bits per heavy atom. The number of nitrogens with one attached hydrogen (secondary N) is 1. The second-order valence-corrected chi connectivity index (χ2v) is 8.10. The number of fused-ring (bicyclic) bond motifs is 1. The maximum atomic E-state index is 13.2. The van der Waals surface area contributed by atoms with E-state index in [9.17, 15) is 9.59 Å². The van der Waals surface area contributed by atoms with Gasteiger partial charge in [-0.25, -0.2) is 4.98 Å². The van der Waals surface area contributed by atoms with Gasteiger partial charge in [0, 0.05) is 10.6 Å². The van der Waals surface area contributed by atoms with E-state index in [0.717, 1.165) is 15.3 Å². The average molecular weight is 401 g/mol. The highest BCUT2D eigenvalue weighted by Crippen LogP contribution is 2.26. The number of methoxy groups -OCH3 is 1. The Balaban J connectivity index is 1.95. The van der Waals surface area contributed by atoms with E-state index in [1.54, 1.807) is 31.4 Å². The van der Waals surface area contributed by atoms with E-state index in [0.29, 0.717) is 29.2 Å². The number of aryl methyl sites for hydroxylation is 2. The zero-order valence-electron chi connectivity index (χ0n) is 16.7. The summed E-state index contributed by atoms with van der Waals surface area (Å²) in [5.41, 5.74) is 1.40. The lowest BCUT2D eigenvalue weighted by molar-refractivity contribution is -0.116. The number of hydrogen-bond acceptors (Lipinski definition) is 6. The third-order valence-corrected chi connectivity index (χ3v) is 5.60. The van der Waals surface area contributed by atoms with Gasteiger partial charge in [0.05, 0.1) is 19.0 Å². The second kappa shape index (κ2) is 8.12. The van der Waals surface area contributed by atoms with Crippen LogP contribution in [-0.4, -0.2) is 41.6 Å². The Kier molecular flexibility index (Phi) is 5.81. The summed E-state index contributed by atoms with van der Waals surface area (Å²) in [7, 11) is 5.40. The van der Waals surface area contributed by atoms with Gasteiger partial charge < -0.3 is 15.0 Å². The fourth-order valence-corrected chi connectivity index (χ4v) is 3.99. The summed E-state index contributed by atoms with van der Waals surface area (Å²) in [6.07, 6.45) is 0. The Bertz CT molecular complexity index is 1070. The lowest BCUT2D eigenvalue weighted by Gasteiger charge is -2.16. The molecule has 1 N–H and O–H groups in total. The Morgan fingerprint density at radius 3 is 2.54 bits per heavy atom. The first-order valence-corrected chi connectivity index (χ1v) is 9.70. The van der Waals surface area contributed by atoms with Crippen molar-refractivity contribution in [2.75, 3.05) is 26.5 Å². The summed E-state index contributed by atoms with van der Waals surface area (Å²) in [6, 6.07) is 7.05. The molecule has 1 amide bonds. The first kappa shape index (κ1) is 20.0. The van der Waals surface area contributed by atoms with E-state index < -0.39 is 0 Å². The molecule has 0 fully saturated rings. The van der Waals surface area contributed by atoms with Crippen LogP contribution in [-0.2, 0) is 17.9 Å². The lowest BCUT2D eigenvalue weighted by Crippen LogP contribution is -2.32. The Labute approximate surface area is 167 Å². The number of rotatable bonds is 6. The third-order valence-electron chi connectivity index (χ3n) is 4.50. The van der Waals surface area contributed by atoms with Crippen LogP contribution < -0.4 is 15.6 Å². The standard InChI is InChI=1S/C20H24N4O3S/c1-12-13(2)28-19-18(12)20(26)24(16(22-19)10-23(3)4)11-17(25)21-14-6-8-15(27-5)9-7-14/h6-9H,10-11H2,1-5H3,(H,21,25). The number of carbonyl (C=O) groups is 1. The van der Waals surface area contributed by atoms with Crippen molar-refractivity contribution >= 4 is 33.1 Å². The number of anilines is 1. The first-order chi connectivity index (χ1) is 13.3. The molecule has 28 heavy (non-hydrogen) atoms. The van der Waals surface area contributed by atoms with E-state index in [4.69, 9.17) is 4.74 Å². The van der Waals surface area contributed by atoms with Crippen molar-refractivity contribution < 1.29 is 9.53 Å². The van der Waals surface area contributed by atoms with E-state index in [2.05, 4.69) is 10.3 Å². The minimum atomic E-state index is -0.280. The molecule has 0 atom stereocenters. The summed E-state index contributed by atoms with van der Waals surface area (Å²) in [5, 5.41) is 3.42. The first-order valence-electron chi connectivity index (χ1n) is 8.88. The fraction of sp³-hybridized carbons (Fsp3) is 0.350. The maximum absolute atomic E-state index is 13.2. The largest absolute Gasteiger partial charge is 0.497 e. The smallest absolute Gasteiger partial charge is 0.263 e. The van der Waals surface area contributed by atoms with Crippen LogP contribution in [0.25, 0.3) is 10.2 Å². The molecule has 8 heteroatoms. The highest BCUT2D eigenvalue weighted by Gasteiger charge is 2.18. The summed E-state index contributed by atoms with van der Waals surface area (Å²) in [4.78, 5) is 34.2. The number of nitrogens with zero attached hydrogens (tertiary/aromatic N) is 3. The summed E-state index contributed by atoms with van der Waals surface area (Å²) < 4.78 is 6.59. The number of aromatic nitrogens is 2. The van der Waals surface area contributed by atoms with Crippen LogP contribution in [0.5, 0.6) is 5.75 Å². The zero-order valence-corrected chi connectivity index (χ0v) is 17.5. The van der Waals surface area contributed by atoms with Gasteiger partial charge in [-0.15, -0.1) is 11.3 Å². The number of hydrogen-bond donors (Lipinski definition) is 1. The van der Waals surface area contributed by atoms with Gasteiger partial charge in [0.15, 0.2) is 0 Å². The van der Waals surface area contributed by atoms with Gasteiger partial charge in [0.1, 0.15) is 22.9 Å². The molecule has 0 aliphatic rings. The van der Waals surface area contributed by atoms with Crippen molar-refractivity contribution in [1.29, 1.82) is 0 Å². The molecule has 0 saturated carbocycles. The molecule has 2 heterocycles. The van der Waals surface area contributed by atoms with Gasteiger partial charge in [-0.2, -0.15) is 0 Å². The van der Waals surface area contributed by atoms with Gasteiger partial charge in [0.25, 0.3) is 5.56 Å². The molecule has 3 rings (SSSR count). The summed E-state index contributed by atoms with van der Waals surface area (Å²) in [6.45, 7) is 4.28. The fourth-order valence-electron chi connectivity index (χ4n) is 2.95. The van der Waals surface area contributed by atoms with Gasteiger partial charge in [0.2, 0.25) is 5.91 Å². The number of amides is 1. The van der Waals surface area contributed by atoms with Crippen LogP contribution >= 0.6 is 11.3 Å². The minimum Gasteiger partial charge on any atom is -0.497 e. The molecule has 0 aliphatic carbocycles. The molecule has 0 unspecified atom stereocenters. The van der Waals surface area contributed by atoms with Crippen molar-refractivity contribution in [2.24, 2.45) is 0 Å². The summed E-state index contributed by atoms with van der Waals surface area (Å²) in [5.74, 6) is 1.01. The lowest BCUT2D eigenvalue weighted by atomic mass is 10.2. The Morgan fingerprint density at radius 1 is 1.25 bits per heavy atom. The van der Waals surface area contributed by atoms with E-state index in [-0.39, 0.29) is 18.0 Å². The van der Waals surface area contributed by atoms with Gasteiger partial charge in [-0.1, -0.05) is 0 Å². The van der Waals surface area contributed by atoms with Crippen molar-refractivity contribution in [3.8, 4) is 5.75 Å². The molecule has 7 nitrogen and oxygen atoms in total. The van der Waals surface area contributed by atoms with Crippen LogP contribution in [0.2, 0.25) is 0 Å². The highest BCUT2D eigenvalue weighted by atomic mass is 32.1. The number of thiophene rings is 1. The van der Waals surface area contributed by atoms with Crippen LogP contribution in [0.15, 0.2) is 29.1 Å². The van der Waals surface area contributed by atoms with Crippen molar-refractivity contribution in [3.63, 3.8) is 0 Å². The molecule has 148 valence electrons.